The molecule has 0 aromatic heterocycles. The molecule has 0 saturated heterocycles. The lowest BCUT2D eigenvalue weighted by molar-refractivity contribution is -0.138. The van der Waals surface area contributed by atoms with Crippen LogP contribution in [0.2, 0.25) is 5.02 Å². The summed E-state index contributed by atoms with van der Waals surface area (Å²) in [6.07, 6.45) is 0.819. The molecule has 0 radical (unpaired) electrons. The van der Waals surface area contributed by atoms with Crippen LogP contribution in [0.4, 0.5) is 0 Å². The van der Waals surface area contributed by atoms with E-state index in [2.05, 4.69) is 0 Å². The Balaban J connectivity index is 2.16. The molecule has 1 aromatic rings. The largest absolute Gasteiger partial charge is 0.489 e. The van der Waals surface area contributed by atoms with Gasteiger partial charge >= 0.3 is 5.97 Å². The second-order valence-corrected chi connectivity index (χ2v) is 4.93. The molecular formula is C13H16ClNO4. The summed E-state index contributed by atoms with van der Waals surface area (Å²) in [6, 6.07) is 3.64. The van der Waals surface area contributed by atoms with Crippen molar-refractivity contribution >= 4 is 17.6 Å². The van der Waals surface area contributed by atoms with Gasteiger partial charge in [-0.2, -0.15) is 0 Å². The van der Waals surface area contributed by atoms with Crippen molar-refractivity contribution in [1.82, 2.24) is 4.90 Å². The highest BCUT2D eigenvalue weighted by Crippen LogP contribution is 2.38. The van der Waals surface area contributed by atoms with Gasteiger partial charge in [0, 0.05) is 13.0 Å². The quantitative estimate of drug-likeness (QED) is 0.917. The summed E-state index contributed by atoms with van der Waals surface area (Å²) < 4.78 is 11.1. The van der Waals surface area contributed by atoms with Crippen molar-refractivity contribution in [1.29, 1.82) is 0 Å². The summed E-state index contributed by atoms with van der Waals surface area (Å²) in [4.78, 5) is 12.3. The molecule has 6 heteroatoms. The molecule has 0 saturated carbocycles. The van der Waals surface area contributed by atoms with Crippen molar-refractivity contribution in [2.45, 2.75) is 13.0 Å². The van der Waals surface area contributed by atoms with Crippen molar-refractivity contribution in [3.63, 3.8) is 0 Å². The normalized spacial score (nSPS) is 14.3. The van der Waals surface area contributed by atoms with E-state index in [1.165, 1.54) is 0 Å². The minimum atomic E-state index is -0.858. The lowest BCUT2D eigenvalue weighted by Gasteiger charge is -2.16. The van der Waals surface area contributed by atoms with Crippen molar-refractivity contribution in [3.05, 3.63) is 22.7 Å². The second kappa shape index (κ2) is 6.12. The highest BCUT2D eigenvalue weighted by Gasteiger charge is 2.16. The fourth-order valence-electron chi connectivity index (χ4n) is 1.97. The Bertz CT molecular complexity index is 478. The number of carboxylic acid groups (broad SMARTS) is 1. The maximum Gasteiger partial charge on any atom is 0.317 e. The third kappa shape index (κ3) is 3.75. The topological polar surface area (TPSA) is 59.0 Å². The summed E-state index contributed by atoms with van der Waals surface area (Å²) in [6.45, 7) is 1.65. The summed E-state index contributed by atoms with van der Waals surface area (Å²) in [7, 11) is 1.74. The molecule has 0 unspecified atom stereocenters. The molecule has 104 valence electrons. The summed E-state index contributed by atoms with van der Waals surface area (Å²) in [5.41, 5.74) is 0.901. The Morgan fingerprint density at radius 2 is 2.16 bits per heavy atom. The predicted octanol–water partition coefficient (Wildman–Crippen LogP) is 2.02. The van der Waals surface area contributed by atoms with Gasteiger partial charge in [-0.05, 0) is 24.7 Å². The van der Waals surface area contributed by atoms with Gasteiger partial charge in [-0.1, -0.05) is 11.6 Å². The van der Waals surface area contributed by atoms with Crippen LogP contribution in [0, 0.1) is 0 Å². The monoisotopic (exact) mass is 285 g/mol. The third-order valence-corrected chi connectivity index (χ3v) is 3.00. The molecule has 1 aromatic carbocycles. The minimum absolute atomic E-state index is 0.0218. The first kappa shape index (κ1) is 14.0. The van der Waals surface area contributed by atoms with E-state index in [1.807, 2.05) is 6.07 Å². The van der Waals surface area contributed by atoms with Crippen molar-refractivity contribution in [3.8, 4) is 11.5 Å². The van der Waals surface area contributed by atoms with Gasteiger partial charge in [0.1, 0.15) is 0 Å². The number of carboxylic acids is 1. The predicted molar refractivity (Wildman–Crippen MR) is 71.0 cm³/mol. The van der Waals surface area contributed by atoms with E-state index in [4.69, 9.17) is 26.2 Å². The number of hydrogen-bond donors (Lipinski definition) is 1. The number of hydrogen-bond acceptors (Lipinski definition) is 4. The molecule has 1 aliphatic heterocycles. The number of likely N-dealkylation sites (N-methyl/N-ethyl adjacent to an activating group) is 1. The fraction of sp³-hybridized carbons (Fsp3) is 0.462. The van der Waals surface area contributed by atoms with Gasteiger partial charge in [0.25, 0.3) is 0 Å². The first-order valence-electron chi connectivity index (χ1n) is 6.04. The van der Waals surface area contributed by atoms with Crippen LogP contribution < -0.4 is 9.47 Å². The number of ether oxygens (including phenoxy) is 2. The van der Waals surface area contributed by atoms with Crippen LogP contribution in [0.15, 0.2) is 12.1 Å². The van der Waals surface area contributed by atoms with Gasteiger partial charge < -0.3 is 14.6 Å². The Hall–Kier alpha value is -1.46. The van der Waals surface area contributed by atoms with Crippen LogP contribution >= 0.6 is 11.6 Å². The van der Waals surface area contributed by atoms with Gasteiger partial charge in [-0.3, -0.25) is 9.69 Å². The van der Waals surface area contributed by atoms with E-state index in [0.717, 1.165) is 12.0 Å². The lowest BCUT2D eigenvalue weighted by atomic mass is 10.2. The van der Waals surface area contributed by atoms with Gasteiger partial charge in [-0.25, -0.2) is 0 Å². The lowest BCUT2D eigenvalue weighted by Crippen LogP contribution is -2.25. The summed E-state index contributed by atoms with van der Waals surface area (Å²) in [5.74, 6) is 0.343. The van der Waals surface area contributed by atoms with Crippen LogP contribution in [0.3, 0.4) is 0 Å². The first-order chi connectivity index (χ1) is 9.06. The zero-order chi connectivity index (χ0) is 13.8. The maximum absolute atomic E-state index is 10.6. The fourth-order valence-corrected chi connectivity index (χ4v) is 2.26. The average molecular weight is 286 g/mol. The molecule has 2 rings (SSSR count). The zero-order valence-corrected chi connectivity index (χ0v) is 11.4. The molecule has 0 spiro atoms. The smallest absolute Gasteiger partial charge is 0.317 e. The average Bonchev–Trinajstić information content (AvgIpc) is 2.53. The number of benzene rings is 1. The Labute approximate surface area is 116 Å². The first-order valence-corrected chi connectivity index (χ1v) is 6.42. The number of halogens is 1. The Morgan fingerprint density at radius 1 is 1.42 bits per heavy atom. The molecule has 0 atom stereocenters. The Kier molecular flexibility index (Phi) is 4.50. The Morgan fingerprint density at radius 3 is 2.89 bits per heavy atom. The van der Waals surface area contributed by atoms with E-state index in [9.17, 15) is 4.79 Å². The molecule has 1 N–H and O–H groups in total. The maximum atomic E-state index is 10.6. The number of rotatable bonds is 4. The van der Waals surface area contributed by atoms with E-state index in [-0.39, 0.29) is 6.54 Å². The van der Waals surface area contributed by atoms with Gasteiger partial charge in [-0.15, -0.1) is 0 Å². The van der Waals surface area contributed by atoms with Crippen LogP contribution in [-0.4, -0.2) is 42.8 Å². The number of fused-ring (bicyclic) bond motifs is 1. The summed E-state index contributed by atoms with van der Waals surface area (Å²) >= 11 is 6.17. The van der Waals surface area contributed by atoms with Crippen molar-refractivity contribution in [2.75, 3.05) is 26.8 Å². The molecular weight excluding hydrogens is 270 g/mol. The number of aliphatic carboxylic acids is 1. The molecule has 1 heterocycles. The van der Waals surface area contributed by atoms with Crippen molar-refractivity contribution < 1.29 is 19.4 Å². The molecule has 0 aliphatic carbocycles. The molecule has 0 bridgehead atoms. The summed E-state index contributed by atoms with van der Waals surface area (Å²) in [5, 5.41) is 9.23. The van der Waals surface area contributed by atoms with E-state index >= 15 is 0 Å². The van der Waals surface area contributed by atoms with Gasteiger partial charge in [0.05, 0.1) is 24.8 Å². The van der Waals surface area contributed by atoms with Gasteiger partial charge in [0.2, 0.25) is 0 Å². The number of nitrogens with zero attached hydrogens (tertiary/aromatic N) is 1. The van der Waals surface area contributed by atoms with E-state index in [0.29, 0.717) is 36.3 Å². The zero-order valence-electron chi connectivity index (χ0n) is 10.7. The molecule has 0 fully saturated rings. The van der Waals surface area contributed by atoms with Crippen LogP contribution in [-0.2, 0) is 11.3 Å². The van der Waals surface area contributed by atoms with Crippen LogP contribution in [0.1, 0.15) is 12.0 Å². The second-order valence-electron chi connectivity index (χ2n) is 4.52. The highest BCUT2D eigenvalue weighted by atomic mass is 35.5. The molecule has 19 heavy (non-hydrogen) atoms. The minimum Gasteiger partial charge on any atom is -0.489 e. The SMILES string of the molecule is CN(CC(=O)O)Cc1cc(Cl)c2c(c1)OCCCO2. The van der Waals surface area contributed by atoms with Crippen molar-refractivity contribution in [2.24, 2.45) is 0 Å². The molecule has 0 amide bonds. The standard InChI is InChI=1S/C13H16ClNO4/c1-15(8-12(16)17)7-9-5-10(14)13-11(6-9)18-3-2-4-19-13/h5-6H,2-4,7-8H2,1H3,(H,16,17). The van der Waals surface area contributed by atoms with E-state index < -0.39 is 5.97 Å². The van der Waals surface area contributed by atoms with Crippen LogP contribution in [0.5, 0.6) is 11.5 Å². The highest BCUT2D eigenvalue weighted by molar-refractivity contribution is 6.32. The van der Waals surface area contributed by atoms with Gasteiger partial charge in [0.15, 0.2) is 11.5 Å². The number of carbonyl (C=O) groups is 1. The molecule has 5 nitrogen and oxygen atoms in total. The third-order valence-electron chi connectivity index (χ3n) is 2.72. The van der Waals surface area contributed by atoms with Crippen LogP contribution in [0.25, 0.3) is 0 Å². The molecule has 1 aliphatic rings. The van der Waals surface area contributed by atoms with E-state index in [1.54, 1.807) is 18.0 Å².